The SMILES string of the molecule is CC(N)C(=O)O.CCCCCCCCCCCCN1C=CN(C)C1. The quantitative estimate of drug-likeness (QED) is 0.525. The molecule has 142 valence electrons. The summed E-state index contributed by atoms with van der Waals surface area (Å²) in [4.78, 5) is 14.2. The summed E-state index contributed by atoms with van der Waals surface area (Å²) >= 11 is 0. The Hall–Kier alpha value is -1.23. The number of nitrogens with two attached hydrogens (primary N) is 1. The molecule has 0 aromatic rings. The van der Waals surface area contributed by atoms with Gasteiger partial charge in [-0.05, 0) is 13.3 Å². The first-order valence-corrected chi connectivity index (χ1v) is 9.58. The molecule has 0 amide bonds. The van der Waals surface area contributed by atoms with Gasteiger partial charge in [0.1, 0.15) is 6.04 Å². The van der Waals surface area contributed by atoms with Crippen LogP contribution in [0.2, 0.25) is 0 Å². The number of aliphatic carboxylic acids is 1. The zero-order valence-electron chi connectivity index (χ0n) is 16.0. The van der Waals surface area contributed by atoms with Crippen molar-refractivity contribution >= 4 is 5.97 Å². The lowest BCUT2D eigenvalue weighted by Crippen LogP contribution is -2.25. The Labute approximate surface area is 148 Å². The van der Waals surface area contributed by atoms with Crippen LogP contribution in [-0.2, 0) is 4.79 Å². The molecule has 1 aliphatic rings. The topological polar surface area (TPSA) is 69.8 Å². The summed E-state index contributed by atoms with van der Waals surface area (Å²) in [5.74, 6) is -0.963. The van der Waals surface area contributed by atoms with Gasteiger partial charge in [-0.1, -0.05) is 64.7 Å². The van der Waals surface area contributed by atoms with Crippen LogP contribution in [0.15, 0.2) is 12.4 Å². The van der Waals surface area contributed by atoms with Crippen LogP contribution in [0.25, 0.3) is 0 Å². The fraction of sp³-hybridized carbons (Fsp3) is 0.842. The Balaban J connectivity index is 0.000000754. The molecule has 3 N–H and O–H groups in total. The third-order valence-corrected chi connectivity index (χ3v) is 4.13. The highest BCUT2D eigenvalue weighted by Crippen LogP contribution is 2.11. The van der Waals surface area contributed by atoms with Gasteiger partial charge >= 0.3 is 5.97 Å². The number of carbonyl (C=O) groups is 1. The van der Waals surface area contributed by atoms with Crippen molar-refractivity contribution in [2.75, 3.05) is 20.3 Å². The van der Waals surface area contributed by atoms with Crippen molar-refractivity contribution in [2.24, 2.45) is 5.73 Å². The van der Waals surface area contributed by atoms with Gasteiger partial charge in [0.25, 0.3) is 0 Å². The second-order valence-corrected chi connectivity index (χ2v) is 6.82. The second-order valence-electron chi connectivity index (χ2n) is 6.82. The maximum atomic E-state index is 9.57. The molecule has 0 aliphatic carbocycles. The number of hydrogen-bond acceptors (Lipinski definition) is 4. The summed E-state index contributed by atoms with van der Waals surface area (Å²) < 4.78 is 0. The molecule has 1 aliphatic heterocycles. The number of rotatable bonds is 12. The molecule has 0 saturated carbocycles. The molecule has 1 heterocycles. The molecule has 0 aromatic carbocycles. The van der Waals surface area contributed by atoms with Gasteiger partial charge in [-0.25, -0.2) is 0 Å². The highest BCUT2D eigenvalue weighted by Gasteiger charge is 2.06. The lowest BCUT2D eigenvalue weighted by atomic mass is 10.1. The average molecular weight is 342 g/mol. The van der Waals surface area contributed by atoms with Gasteiger partial charge in [-0.15, -0.1) is 0 Å². The largest absolute Gasteiger partial charge is 0.480 e. The third-order valence-electron chi connectivity index (χ3n) is 4.13. The molecule has 5 nitrogen and oxygen atoms in total. The number of unbranched alkanes of at least 4 members (excludes halogenated alkanes) is 9. The van der Waals surface area contributed by atoms with E-state index in [9.17, 15) is 4.79 Å². The van der Waals surface area contributed by atoms with Crippen LogP contribution in [0.3, 0.4) is 0 Å². The minimum absolute atomic E-state index is 0.731. The Morgan fingerprint density at radius 2 is 1.50 bits per heavy atom. The van der Waals surface area contributed by atoms with Crippen molar-refractivity contribution in [3.63, 3.8) is 0 Å². The minimum atomic E-state index is -0.963. The van der Waals surface area contributed by atoms with E-state index < -0.39 is 12.0 Å². The van der Waals surface area contributed by atoms with Crippen LogP contribution in [0.1, 0.15) is 78.1 Å². The molecule has 0 bridgehead atoms. The summed E-state index contributed by atoms with van der Waals surface area (Å²) in [7, 11) is 2.13. The van der Waals surface area contributed by atoms with Gasteiger partial charge in [0, 0.05) is 26.0 Å². The number of hydrogen-bond donors (Lipinski definition) is 2. The van der Waals surface area contributed by atoms with Gasteiger partial charge in [-0.3, -0.25) is 4.79 Å². The van der Waals surface area contributed by atoms with E-state index in [-0.39, 0.29) is 0 Å². The maximum absolute atomic E-state index is 9.57. The van der Waals surface area contributed by atoms with E-state index in [1.165, 1.54) is 77.7 Å². The van der Waals surface area contributed by atoms with E-state index in [0.717, 1.165) is 6.67 Å². The van der Waals surface area contributed by atoms with Crippen LogP contribution < -0.4 is 5.73 Å². The molecular formula is C19H39N3O2. The van der Waals surface area contributed by atoms with Crippen LogP contribution in [0.5, 0.6) is 0 Å². The number of carboxylic acids is 1. The van der Waals surface area contributed by atoms with Crippen LogP contribution in [0.4, 0.5) is 0 Å². The van der Waals surface area contributed by atoms with Crippen LogP contribution in [0, 0.1) is 0 Å². The third kappa shape index (κ3) is 14.4. The Morgan fingerprint density at radius 3 is 1.88 bits per heavy atom. The predicted molar refractivity (Wildman–Crippen MR) is 102 cm³/mol. The standard InChI is InChI=1S/C16H32N2.C3H7NO2/c1-3-4-5-6-7-8-9-10-11-12-13-18-15-14-17(2)16-18;1-2(4)3(5)6/h14-15H,3-13,16H2,1-2H3;2H,4H2,1H3,(H,5,6). The molecule has 1 unspecified atom stereocenters. The van der Waals surface area contributed by atoms with Gasteiger partial charge in [0.2, 0.25) is 0 Å². The second kappa shape index (κ2) is 15.3. The molecule has 1 rings (SSSR count). The number of nitrogens with zero attached hydrogens (tertiary/aromatic N) is 2. The monoisotopic (exact) mass is 341 g/mol. The zero-order chi connectivity index (χ0) is 18.2. The van der Waals surface area contributed by atoms with Crippen LogP contribution >= 0.6 is 0 Å². The summed E-state index contributed by atoms with van der Waals surface area (Å²) in [5, 5.41) is 7.87. The van der Waals surface area contributed by atoms with Gasteiger partial charge in [-0.2, -0.15) is 0 Å². The molecule has 0 fully saturated rings. The summed E-state index contributed by atoms with van der Waals surface area (Å²) in [6.07, 6.45) is 18.6. The highest BCUT2D eigenvalue weighted by atomic mass is 16.4. The van der Waals surface area contributed by atoms with Crippen molar-refractivity contribution in [3.8, 4) is 0 Å². The number of carboxylic acid groups (broad SMARTS) is 1. The van der Waals surface area contributed by atoms with Crippen molar-refractivity contribution in [1.82, 2.24) is 9.80 Å². The molecular weight excluding hydrogens is 302 g/mol. The van der Waals surface area contributed by atoms with E-state index in [2.05, 4.69) is 36.2 Å². The van der Waals surface area contributed by atoms with Crippen molar-refractivity contribution in [3.05, 3.63) is 12.4 Å². The molecule has 0 radical (unpaired) electrons. The molecule has 0 spiro atoms. The fourth-order valence-electron chi connectivity index (χ4n) is 2.54. The molecule has 24 heavy (non-hydrogen) atoms. The highest BCUT2D eigenvalue weighted by molar-refractivity contribution is 5.72. The van der Waals surface area contributed by atoms with E-state index in [4.69, 9.17) is 10.8 Å². The Bertz CT molecular complexity index is 333. The zero-order valence-corrected chi connectivity index (χ0v) is 16.0. The lowest BCUT2D eigenvalue weighted by molar-refractivity contribution is -0.138. The Morgan fingerprint density at radius 1 is 1.04 bits per heavy atom. The van der Waals surface area contributed by atoms with Crippen molar-refractivity contribution < 1.29 is 9.90 Å². The summed E-state index contributed by atoms with van der Waals surface area (Å²) in [5.41, 5.74) is 4.84. The van der Waals surface area contributed by atoms with Crippen molar-refractivity contribution in [1.29, 1.82) is 0 Å². The first-order valence-electron chi connectivity index (χ1n) is 9.58. The first kappa shape index (κ1) is 22.8. The molecule has 5 heteroatoms. The normalized spacial score (nSPS) is 14.5. The lowest BCUT2D eigenvalue weighted by Gasteiger charge is -2.17. The molecule has 0 aromatic heterocycles. The van der Waals surface area contributed by atoms with E-state index in [1.54, 1.807) is 0 Å². The molecule has 0 saturated heterocycles. The predicted octanol–water partition coefficient (Wildman–Crippen LogP) is 4.00. The van der Waals surface area contributed by atoms with Crippen LogP contribution in [-0.4, -0.2) is 47.2 Å². The smallest absolute Gasteiger partial charge is 0.320 e. The maximum Gasteiger partial charge on any atom is 0.320 e. The van der Waals surface area contributed by atoms with E-state index in [0.29, 0.717) is 0 Å². The van der Waals surface area contributed by atoms with E-state index in [1.807, 2.05) is 0 Å². The van der Waals surface area contributed by atoms with E-state index >= 15 is 0 Å². The summed E-state index contributed by atoms with van der Waals surface area (Å²) in [6, 6.07) is -0.731. The van der Waals surface area contributed by atoms with Gasteiger partial charge < -0.3 is 20.6 Å². The van der Waals surface area contributed by atoms with Crippen molar-refractivity contribution in [2.45, 2.75) is 84.1 Å². The fourth-order valence-corrected chi connectivity index (χ4v) is 2.54. The minimum Gasteiger partial charge on any atom is -0.480 e. The summed E-state index contributed by atoms with van der Waals surface area (Å²) in [6.45, 7) is 6.02. The first-order chi connectivity index (χ1) is 11.5. The van der Waals surface area contributed by atoms with Gasteiger partial charge in [0.15, 0.2) is 0 Å². The Kier molecular flexibility index (Phi) is 14.5. The van der Waals surface area contributed by atoms with Gasteiger partial charge in [0.05, 0.1) is 6.67 Å². The average Bonchev–Trinajstić information content (AvgIpc) is 2.95. The molecule has 1 atom stereocenters.